The minimum atomic E-state index is 0.349. The molecule has 1 saturated carbocycles. The van der Waals surface area contributed by atoms with Crippen LogP contribution in [0, 0.1) is 6.92 Å². The van der Waals surface area contributed by atoms with Gasteiger partial charge >= 0.3 is 0 Å². The standard InChI is InChI=1S/C20H27N5O/c1-12-9-18(22-2)25-20(23-12)24-16-10-14-7-8-26-19(14)17(11-16)13-3-5-15(21)6-4-13/h9-11,13,15H,3-8,21H2,1-2H3,(H2,22,23,24,25). The molecule has 4 N–H and O–H groups in total. The Morgan fingerprint density at radius 2 is 1.92 bits per heavy atom. The number of anilines is 3. The zero-order chi connectivity index (χ0) is 18.1. The SMILES string of the molecule is CNc1cc(C)nc(Nc2cc3c(c(C4CCC(N)CC4)c2)OCC3)n1. The van der Waals surface area contributed by atoms with Gasteiger partial charge in [-0.3, -0.25) is 0 Å². The van der Waals surface area contributed by atoms with Crippen molar-refractivity contribution < 1.29 is 4.74 Å². The van der Waals surface area contributed by atoms with Crippen molar-refractivity contribution in [2.24, 2.45) is 5.73 Å². The number of nitrogens with two attached hydrogens (primary N) is 1. The van der Waals surface area contributed by atoms with Gasteiger partial charge in [0.05, 0.1) is 6.61 Å². The highest BCUT2D eigenvalue weighted by atomic mass is 16.5. The zero-order valence-electron chi connectivity index (χ0n) is 15.5. The van der Waals surface area contributed by atoms with E-state index >= 15 is 0 Å². The summed E-state index contributed by atoms with van der Waals surface area (Å²) in [5.41, 5.74) is 10.7. The molecule has 1 fully saturated rings. The molecule has 6 nitrogen and oxygen atoms in total. The van der Waals surface area contributed by atoms with Crippen molar-refractivity contribution in [3.05, 3.63) is 35.0 Å². The fraction of sp³-hybridized carbons (Fsp3) is 0.500. The summed E-state index contributed by atoms with van der Waals surface area (Å²) in [4.78, 5) is 9.02. The van der Waals surface area contributed by atoms with E-state index in [-0.39, 0.29) is 0 Å². The number of rotatable bonds is 4. The maximum Gasteiger partial charge on any atom is 0.229 e. The number of nitrogens with one attached hydrogen (secondary N) is 2. The van der Waals surface area contributed by atoms with Crippen LogP contribution in [0.3, 0.4) is 0 Å². The first-order chi connectivity index (χ1) is 12.6. The lowest BCUT2D eigenvalue weighted by atomic mass is 9.81. The lowest BCUT2D eigenvalue weighted by Gasteiger charge is -2.28. The Bertz CT molecular complexity index is 799. The van der Waals surface area contributed by atoms with Crippen molar-refractivity contribution in [3.8, 4) is 5.75 Å². The third-order valence-corrected chi connectivity index (χ3v) is 5.39. The van der Waals surface area contributed by atoms with E-state index in [1.807, 2.05) is 20.0 Å². The van der Waals surface area contributed by atoms with Gasteiger partial charge in [0.2, 0.25) is 5.95 Å². The van der Waals surface area contributed by atoms with Crippen LogP contribution < -0.4 is 21.1 Å². The Hall–Kier alpha value is -2.34. The Morgan fingerprint density at radius 1 is 1.12 bits per heavy atom. The van der Waals surface area contributed by atoms with Gasteiger partial charge in [-0.15, -0.1) is 0 Å². The Morgan fingerprint density at radius 3 is 2.69 bits per heavy atom. The van der Waals surface area contributed by atoms with Crippen molar-refractivity contribution in [1.29, 1.82) is 0 Å². The third-order valence-electron chi connectivity index (χ3n) is 5.39. The molecule has 2 heterocycles. The van der Waals surface area contributed by atoms with Crippen molar-refractivity contribution in [2.75, 3.05) is 24.3 Å². The number of benzene rings is 1. The minimum absolute atomic E-state index is 0.349. The molecule has 0 saturated heterocycles. The number of hydrogen-bond acceptors (Lipinski definition) is 6. The van der Waals surface area contributed by atoms with Crippen molar-refractivity contribution in [2.45, 2.75) is 51.0 Å². The van der Waals surface area contributed by atoms with E-state index in [0.29, 0.717) is 17.9 Å². The van der Waals surface area contributed by atoms with Crippen LogP contribution in [-0.4, -0.2) is 29.7 Å². The van der Waals surface area contributed by atoms with E-state index in [1.165, 1.54) is 11.1 Å². The first-order valence-corrected chi connectivity index (χ1v) is 9.48. The number of fused-ring (bicyclic) bond motifs is 1. The first-order valence-electron chi connectivity index (χ1n) is 9.48. The molecule has 6 heteroatoms. The summed E-state index contributed by atoms with van der Waals surface area (Å²) >= 11 is 0. The van der Waals surface area contributed by atoms with Crippen LogP contribution in [0.1, 0.15) is 48.4 Å². The summed E-state index contributed by atoms with van der Waals surface area (Å²) in [7, 11) is 1.87. The second kappa shape index (κ2) is 7.11. The second-order valence-electron chi connectivity index (χ2n) is 7.36. The van der Waals surface area contributed by atoms with Gasteiger partial charge in [0.25, 0.3) is 0 Å². The topological polar surface area (TPSA) is 85.1 Å². The average molecular weight is 353 g/mol. The predicted octanol–water partition coefficient (Wildman–Crippen LogP) is 3.49. The van der Waals surface area contributed by atoms with Gasteiger partial charge in [0, 0.05) is 37.0 Å². The Balaban J connectivity index is 1.65. The van der Waals surface area contributed by atoms with Crippen LogP contribution in [0.25, 0.3) is 0 Å². The predicted molar refractivity (Wildman–Crippen MR) is 104 cm³/mol. The van der Waals surface area contributed by atoms with Gasteiger partial charge in [-0.1, -0.05) is 0 Å². The number of aromatic nitrogens is 2. The second-order valence-corrected chi connectivity index (χ2v) is 7.36. The fourth-order valence-corrected chi connectivity index (χ4v) is 4.03. The quantitative estimate of drug-likeness (QED) is 0.780. The average Bonchev–Trinajstić information content (AvgIpc) is 3.09. The summed E-state index contributed by atoms with van der Waals surface area (Å²) in [6, 6.07) is 6.67. The summed E-state index contributed by atoms with van der Waals surface area (Å²) in [5, 5.41) is 6.47. The summed E-state index contributed by atoms with van der Waals surface area (Å²) in [6.45, 7) is 2.74. The molecular formula is C20H27N5O. The Labute approximate surface area is 154 Å². The molecular weight excluding hydrogens is 326 g/mol. The van der Waals surface area contributed by atoms with E-state index in [9.17, 15) is 0 Å². The summed E-state index contributed by atoms with van der Waals surface area (Å²) in [6.07, 6.45) is 5.39. The first kappa shape index (κ1) is 17.1. The molecule has 0 unspecified atom stereocenters. The fourth-order valence-electron chi connectivity index (χ4n) is 4.03. The molecule has 0 amide bonds. The highest BCUT2D eigenvalue weighted by Crippen LogP contribution is 2.42. The van der Waals surface area contributed by atoms with Crippen LogP contribution in [0.4, 0.5) is 17.5 Å². The summed E-state index contributed by atoms with van der Waals surface area (Å²) in [5.74, 6) is 3.04. The smallest absolute Gasteiger partial charge is 0.229 e. The summed E-state index contributed by atoms with van der Waals surface area (Å²) < 4.78 is 5.97. The number of hydrogen-bond donors (Lipinski definition) is 3. The van der Waals surface area contributed by atoms with Crippen molar-refractivity contribution >= 4 is 17.5 Å². The molecule has 26 heavy (non-hydrogen) atoms. The largest absolute Gasteiger partial charge is 0.493 e. The van der Waals surface area contributed by atoms with Crippen LogP contribution in [0.2, 0.25) is 0 Å². The molecule has 1 aromatic heterocycles. The van der Waals surface area contributed by atoms with Crippen LogP contribution >= 0.6 is 0 Å². The highest BCUT2D eigenvalue weighted by molar-refractivity contribution is 5.63. The lowest BCUT2D eigenvalue weighted by Crippen LogP contribution is -2.25. The van der Waals surface area contributed by atoms with E-state index in [1.54, 1.807) is 0 Å². The van der Waals surface area contributed by atoms with Crippen LogP contribution in [0.15, 0.2) is 18.2 Å². The van der Waals surface area contributed by atoms with Crippen molar-refractivity contribution in [3.63, 3.8) is 0 Å². The van der Waals surface area contributed by atoms with Crippen LogP contribution in [-0.2, 0) is 6.42 Å². The minimum Gasteiger partial charge on any atom is -0.493 e. The van der Waals surface area contributed by atoms with E-state index in [2.05, 4.69) is 32.7 Å². The maximum absolute atomic E-state index is 6.10. The van der Waals surface area contributed by atoms with Gasteiger partial charge < -0.3 is 21.1 Å². The van der Waals surface area contributed by atoms with E-state index in [0.717, 1.165) is 61.7 Å². The van der Waals surface area contributed by atoms with Gasteiger partial charge in [-0.2, -0.15) is 4.98 Å². The molecule has 1 aromatic carbocycles. The molecule has 138 valence electrons. The van der Waals surface area contributed by atoms with E-state index < -0.39 is 0 Å². The van der Waals surface area contributed by atoms with Crippen LogP contribution in [0.5, 0.6) is 5.75 Å². The molecule has 4 rings (SSSR count). The van der Waals surface area contributed by atoms with Gasteiger partial charge in [0.1, 0.15) is 11.6 Å². The monoisotopic (exact) mass is 353 g/mol. The normalized spacial score (nSPS) is 21.8. The molecule has 2 aliphatic rings. The molecule has 2 aromatic rings. The lowest BCUT2D eigenvalue weighted by molar-refractivity contribution is 0.339. The number of aryl methyl sites for hydroxylation is 1. The molecule has 0 atom stereocenters. The maximum atomic E-state index is 6.10. The zero-order valence-corrected chi connectivity index (χ0v) is 15.5. The molecule has 0 bridgehead atoms. The molecule has 1 aliphatic heterocycles. The van der Waals surface area contributed by atoms with Crippen molar-refractivity contribution in [1.82, 2.24) is 9.97 Å². The van der Waals surface area contributed by atoms with Gasteiger partial charge in [-0.05, 0) is 61.8 Å². The van der Waals surface area contributed by atoms with E-state index in [4.69, 9.17) is 10.5 Å². The highest BCUT2D eigenvalue weighted by Gasteiger charge is 2.27. The number of ether oxygens (including phenoxy) is 1. The molecule has 1 aliphatic carbocycles. The molecule has 0 spiro atoms. The number of nitrogens with zero attached hydrogens (tertiary/aromatic N) is 2. The Kier molecular flexibility index (Phi) is 4.68. The van der Waals surface area contributed by atoms with Gasteiger partial charge in [-0.25, -0.2) is 4.98 Å². The van der Waals surface area contributed by atoms with Gasteiger partial charge in [0.15, 0.2) is 0 Å². The molecule has 0 radical (unpaired) electrons. The third kappa shape index (κ3) is 3.46.